The molecular weight excluding hydrogens is 246 g/mol. The van der Waals surface area contributed by atoms with Crippen molar-refractivity contribution < 1.29 is 0 Å². The highest BCUT2D eigenvalue weighted by molar-refractivity contribution is 5.56. The van der Waals surface area contributed by atoms with Gasteiger partial charge in [-0.3, -0.25) is 4.98 Å². The van der Waals surface area contributed by atoms with Gasteiger partial charge >= 0.3 is 0 Å². The van der Waals surface area contributed by atoms with E-state index in [0.717, 1.165) is 36.3 Å². The maximum absolute atomic E-state index is 5.96. The van der Waals surface area contributed by atoms with Crippen LogP contribution in [0.5, 0.6) is 0 Å². The molecule has 2 rings (SSSR count). The van der Waals surface area contributed by atoms with E-state index >= 15 is 0 Å². The van der Waals surface area contributed by atoms with Gasteiger partial charge in [0.2, 0.25) is 0 Å². The Labute approximate surface area is 123 Å². The van der Waals surface area contributed by atoms with Gasteiger partial charge in [-0.15, -0.1) is 0 Å². The predicted octanol–water partition coefficient (Wildman–Crippen LogP) is 3.42. The maximum Gasteiger partial charge on any atom is 0.0448 e. The van der Waals surface area contributed by atoms with E-state index < -0.39 is 0 Å². The Bertz CT molecular complexity index is 454. The third-order valence-corrected chi connectivity index (χ3v) is 4.70. The van der Waals surface area contributed by atoms with Crippen LogP contribution >= 0.6 is 0 Å². The molecule has 20 heavy (non-hydrogen) atoms. The fourth-order valence-corrected chi connectivity index (χ4v) is 3.40. The quantitative estimate of drug-likeness (QED) is 0.919. The molecule has 1 saturated heterocycles. The SMILES string of the molecule is Cc1cc(N2CCCC(C(C)C)CC2)c(CN)c(C)n1. The van der Waals surface area contributed by atoms with E-state index in [1.807, 2.05) is 0 Å². The van der Waals surface area contributed by atoms with E-state index in [2.05, 4.69) is 43.6 Å². The van der Waals surface area contributed by atoms with E-state index in [4.69, 9.17) is 5.73 Å². The molecule has 0 radical (unpaired) electrons. The normalized spacial score (nSPS) is 20.3. The summed E-state index contributed by atoms with van der Waals surface area (Å²) in [7, 11) is 0. The summed E-state index contributed by atoms with van der Waals surface area (Å²) in [5, 5.41) is 0. The summed E-state index contributed by atoms with van der Waals surface area (Å²) >= 11 is 0. The molecule has 1 aliphatic heterocycles. The second-order valence-corrected chi connectivity index (χ2v) is 6.47. The molecule has 1 unspecified atom stereocenters. The first-order valence-electron chi connectivity index (χ1n) is 7.95. The zero-order valence-corrected chi connectivity index (χ0v) is 13.4. The standard InChI is InChI=1S/C17H29N3/c1-12(2)15-6-5-8-20(9-7-15)17-10-13(3)19-14(4)16(17)11-18/h10,12,15H,5-9,11,18H2,1-4H3. The third-order valence-electron chi connectivity index (χ3n) is 4.70. The number of nitrogens with zero attached hydrogens (tertiary/aromatic N) is 2. The van der Waals surface area contributed by atoms with Crippen molar-refractivity contribution >= 4 is 5.69 Å². The first kappa shape index (κ1) is 15.3. The number of hydrogen-bond donors (Lipinski definition) is 1. The monoisotopic (exact) mass is 275 g/mol. The third kappa shape index (κ3) is 3.32. The molecule has 2 N–H and O–H groups in total. The average Bonchev–Trinajstić information content (AvgIpc) is 2.63. The first-order chi connectivity index (χ1) is 9.52. The Morgan fingerprint density at radius 2 is 2.05 bits per heavy atom. The van der Waals surface area contributed by atoms with Gasteiger partial charge in [-0.1, -0.05) is 13.8 Å². The van der Waals surface area contributed by atoms with Crippen LogP contribution in [0.25, 0.3) is 0 Å². The summed E-state index contributed by atoms with van der Waals surface area (Å²) in [6.07, 6.45) is 3.94. The Morgan fingerprint density at radius 1 is 1.30 bits per heavy atom. The minimum absolute atomic E-state index is 0.582. The molecule has 0 aromatic carbocycles. The van der Waals surface area contributed by atoms with Crippen LogP contribution in [-0.2, 0) is 6.54 Å². The largest absolute Gasteiger partial charge is 0.371 e. The number of anilines is 1. The van der Waals surface area contributed by atoms with Gasteiger partial charge in [-0.05, 0) is 51.0 Å². The van der Waals surface area contributed by atoms with Crippen molar-refractivity contribution in [3.05, 3.63) is 23.0 Å². The second-order valence-electron chi connectivity index (χ2n) is 6.47. The van der Waals surface area contributed by atoms with Gasteiger partial charge in [0.05, 0.1) is 0 Å². The average molecular weight is 275 g/mol. The molecule has 1 aliphatic rings. The van der Waals surface area contributed by atoms with Crippen LogP contribution in [0.1, 0.15) is 50.1 Å². The van der Waals surface area contributed by atoms with E-state index in [-0.39, 0.29) is 0 Å². The van der Waals surface area contributed by atoms with Crippen LogP contribution in [0.15, 0.2) is 6.07 Å². The van der Waals surface area contributed by atoms with Crippen molar-refractivity contribution in [3.63, 3.8) is 0 Å². The first-order valence-corrected chi connectivity index (χ1v) is 7.95. The van der Waals surface area contributed by atoms with Gasteiger partial charge in [0.1, 0.15) is 0 Å². The number of nitrogens with two attached hydrogens (primary N) is 1. The summed E-state index contributed by atoms with van der Waals surface area (Å²) in [6.45, 7) is 11.7. The van der Waals surface area contributed by atoms with Crippen LogP contribution in [-0.4, -0.2) is 18.1 Å². The van der Waals surface area contributed by atoms with Crippen LogP contribution in [0, 0.1) is 25.7 Å². The van der Waals surface area contributed by atoms with E-state index in [9.17, 15) is 0 Å². The van der Waals surface area contributed by atoms with Gasteiger partial charge < -0.3 is 10.6 Å². The molecule has 2 heterocycles. The Kier molecular flexibility index (Phi) is 5.03. The molecule has 0 spiro atoms. The fraction of sp³-hybridized carbons (Fsp3) is 0.706. The van der Waals surface area contributed by atoms with Crippen molar-refractivity contribution in [1.82, 2.24) is 4.98 Å². The minimum Gasteiger partial charge on any atom is -0.371 e. The summed E-state index contributed by atoms with van der Waals surface area (Å²) in [5.74, 6) is 1.66. The second kappa shape index (κ2) is 6.57. The van der Waals surface area contributed by atoms with Crippen LogP contribution in [0.2, 0.25) is 0 Å². The lowest BCUT2D eigenvalue weighted by atomic mass is 9.89. The smallest absolute Gasteiger partial charge is 0.0448 e. The Hall–Kier alpha value is -1.09. The van der Waals surface area contributed by atoms with E-state index in [1.165, 1.54) is 30.5 Å². The lowest BCUT2D eigenvalue weighted by Crippen LogP contribution is -2.27. The molecule has 0 aliphatic carbocycles. The zero-order valence-electron chi connectivity index (χ0n) is 13.4. The molecule has 1 aromatic rings. The van der Waals surface area contributed by atoms with Crippen LogP contribution in [0.3, 0.4) is 0 Å². The Morgan fingerprint density at radius 3 is 2.70 bits per heavy atom. The summed E-state index contributed by atoms with van der Waals surface area (Å²) < 4.78 is 0. The highest BCUT2D eigenvalue weighted by Gasteiger charge is 2.21. The number of aromatic nitrogens is 1. The molecule has 0 saturated carbocycles. The molecule has 3 nitrogen and oxygen atoms in total. The van der Waals surface area contributed by atoms with E-state index in [0.29, 0.717) is 6.54 Å². The van der Waals surface area contributed by atoms with E-state index in [1.54, 1.807) is 0 Å². The van der Waals surface area contributed by atoms with Crippen molar-refractivity contribution in [3.8, 4) is 0 Å². The molecule has 0 amide bonds. The molecule has 1 fully saturated rings. The summed E-state index contributed by atoms with van der Waals surface area (Å²) in [6, 6.07) is 2.21. The van der Waals surface area contributed by atoms with Gasteiger partial charge in [0.25, 0.3) is 0 Å². The molecule has 112 valence electrons. The van der Waals surface area contributed by atoms with Crippen molar-refractivity contribution in [2.24, 2.45) is 17.6 Å². The number of hydrogen-bond acceptors (Lipinski definition) is 3. The highest BCUT2D eigenvalue weighted by atomic mass is 15.1. The van der Waals surface area contributed by atoms with Crippen molar-refractivity contribution in [2.45, 2.75) is 53.5 Å². The summed E-state index contributed by atoms with van der Waals surface area (Å²) in [4.78, 5) is 7.09. The van der Waals surface area contributed by atoms with Gasteiger partial charge in [-0.25, -0.2) is 0 Å². The highest BCUT2D eigenvalue weighted by Crippen LogP contribution is 2.30. The molecule has 1 atom stereocenters. The molecule has 0 bridgehead atoms. The topological polar surface area (TPSA) is 42.1 Å². The van der Waals surface area contributed by atoms with Gasteiger partial charge in [0.15, 0.2) is 0 Å². The van der Waals surface area contributed by atoms with Crippen LogP contribution < -0.4 is 10.6 Å². The van der Waals surface area contributed by atoms with Crippen molar-refractivity contribution in [2.75, 3.05) is 18.0 Å². The molecule has 3 heteroatoms. The van der Waals surface area contributed by atoms with Crippen molar-refractivity contribution in [1.29, 1.82) is 0 Å². The minimum atomic E-state index is 0.582. The number of pyridine rings is 1. The predicted molar refractivity (Wildman–Crippen MR) is 86.0 cm³/mol. The van der Waals surface area contributed by atoms with Gasteiger partial charge in [0, 0.05) is 42.3 Å². The lowest BCUT2D eigenvalue weighted by molar-refractivity contribution is 0.351. The molecule has 1 aromatic heterocycles. The maximum atomic E-state index is 5.96. The zero-order chi connectivity index (χ0) is 14.7. The summed E-state index contributed by atoms with van der Waals surface area (Å²) in [5.41, 5.74) is 10.7. The number of rotatable bonds is 3. The lowest BCUT2D eigenvalue weighted by Gasteiger charge is -2.27. The Balaban J connectivity index is 2.23. The number of aryl methyl sites for hydroxylation is 2. The fourth-order valence-electron chi connectivity index (χ4n) is 3.40. The van der Waals surface area contributed by atoms with Crippen LogP contribution in [0.4, 0.5) is 5.69 Å². The van der Waals surface area contributed by atoms with Gasteiger partial charge in [-0.2, -0.15) is 0 Å². The molecular formula is C17H29N3.